The van der Waals surface area contributed by atoms with Crippen LogP contribution in [0.5, 0.6) is 0 Å². The first-order valence-electron chi connectivity index (χ1n) is 7.55. The molecule has 0 atom stereocenters. The lowest BCUT2D eigenvalue weighted by molar-refractivity contribution is 0.0513. The van der Waals surface area contributed by atoms with Crippen LogP contribution in [0, 0.1) is 0 Å². The number of guanidine groups is 1. The number of rotatable bonds is 3. The first kappa shape index (κ1) is 16.5. The zero-order chi connectivity index (χ0) is 13.7. The Balaban J connectivity index is 0.00000161. The molecule has 0 unspecified atom stereocenters. The number of benzene rings is 1. The molecule has 0 bridgehead atoms. The van der Waals surface area contributed by atoms with Crippen molar-refractivity contribution in [2.75, 3.05) is 32.8 Å². The highest BCUT2D eigenvalue weighted by molar-refractivity contribution is 14.0. The summed E-state index contributed by atoms with van der Waals surface area (Å²) in [6, 6.07) is 10.8. The van der Waals surface area contributed by atoms with E-state index < -0.39 is 0 Å². The number of aliphatic imine (C=N–C) groups is 1. The monoisotopic (exact) mass is 401 g/mol. The van der Waals surface area contributed by atoms with Crippen molar-refractivity contribution in [2.45, 2.75) is 24.7 Å². The predicted octanol–water partition coefficient (Wildman–Crippen LogP) is 2.29. The number of ether oxygens (including phenoxy) is 1. The van der Waals surface area contributed by atoms with Crippen molar-refractivity contribution in [3.63, 3.8) is 0 Å². The minimum absolute atomic E-state index is 0. The molecule has 1 aromatic carbocycles. The highest BCUT2D eigenvalue weighted by Crippen LogP contribution is 2.34. The van der Waals surface area contributed by atoms with Crippen LogP contribution in [-0.2, 0) is 10.2 Å². The molecule has 2 heterocycles. The third-order valence-electron chi connectivity index (χ3n) is 4.33. The summed E-state index contributed by atoms with van der Waals surface area (Å²) in [7, 11) is 0. The molecular formula is C16H24IN3O. The first-order valence-corrected chi connectivity index (χ1v) is 7.55. The van der Waals surface area contributed by atoms with Crippen LogP contribution in [0.1, 0.15) is 24.8 Å². The summed E-state index contributed by atoms with van der Waals surface area (Å²) in [5, 5.41) is 6.85. The van der Waals surface area contributed by atoms with Gasteiger partial charge in [-0.05, 0) is 24.8 Å². The molecule has 1 aromatic rings. The Bertz CT molecular complexity index is 458. The summed E-state index contributed by atoms with van der Waals surface area (Å²) in [6.07, 6.45) is 3.26. The normalized spacial score (nSPS) is 20.7. The van der Waals surface area contributed by atoms with Gasteiger partial charge in [0.25, 0.3) is 0 Å². The standard InChI is InChI=1S/C16H23N3O.HI/c1-2-5-14(6-3-1)16(7-11-20-12-8-16)13-19-15-17-9-4-10-18-15;/h1-3,5-6H,4,7-13H2,(H2,17,18,19);1H. The molecular weight excluding hydrogens is 377 g/mol. The van der Waals surface area contributed by atoms with E-state index in [1.54, 1.807) is 0 Å². The second-order valence-corrected chi connectivity index (χ2v) is 5.62. The van der Waals surface area contributed by atoms with Gasteiger partial charge in [-0.25, -0.2) is 0 Å². The Kier molecular flexibility index (Phi) is 6.29. The number of hydrogen-bond donors (Lipinski definition) is 2. The topological polar surface area (TPSA) is 45.7 Å². The molecule has 2 aliphatic rings. The van der Waals surface area contributed by atoms with Crippen molar-refractivity contribution in [3.05, 3.63) is 35.9 Å². The molecule has 2 N–H and O–H groups in total. The zero-order valence-corrected chi connectivity index (χ0v) is 14.6. The van der Waals surface area contributed by atoms with Gasteiger partial charge in [0.05, 0.1) is 0 Å². The summed E-state index contributed by atoms with van der Waals surface area (Å²) in [5.41, 5.74) is 1.58. The van der Waals surface area contributed by atoms with E-state index >= 15 is 0 Å². The number of nitrogens with one attached hydrogen (secondary N) is 2. The molecule has 4 nitrogen and oxygen atoms in total. The Morgan fingerprint density at radius 1 is 1.19 bits per heavy atom. The molecule has 0 amide bonds. The maximum absolute atomic E-state index is 5.56. The van der Waals surface area contributed by atoms with Crippen LogP contribution in [-0.4, -0.2) is 38.8 Å². The maximum Gasteiger partial charge on any atom is 0.191 e. The lowest BCUT2D eigenvalue weighted by atomic mass is 9.74. The molecule has 0 radical (unpaired) electrons. The molecule has 5 heteroatoms. The summed E-state index contributed by atoms with van der Waals surface area (Å²) in [5.74, 6) is 0.957. The SMILES string of the molecule is I.c1ccc(C2(CNC3=NCCCN3)CCOCC2)cc1. The molecule has 2 aliphatic heterocycles. The molecule has 0 spiro atoms. The molecule has 1 saturated heterocycles. The summed E-state index contributed by atoms with van der Waals surface area (Å²) >= 11 is 0. The van der Waals surface area contributed by atoms with Crippen molar-refractivity contribution in [1.29, 1.82) is 0 Å². The predicted molar refractivity (Wildman–Crippen MR) is 96.5 cm³/mol. The van der Waals surface area contributed by atoms with Gasteiger partial charge in [0.2, 0.25) is 0 Å². The average Bonchev–Trinajstić information content (AvgIpc) is 2.56. The molecule has 0 aliphatic carbocycles. The van der Waals surface area contributed by atoms with Gasteiger partial charge >= 0.3 is 0 Å². The highest BCUT2D eigenvalue weighted by Gasteiger charge is 2.34. The van der Waals surface area contributed by atoms with Crippen molar-refractivity contribution in [3.8, 4) is 0 Å². The van der Waals surface area contributed by atoms with E-state index in [1.165, 1.54) is 5.56 Å². The van der Waals surface area contributed by atoms with E-state index in [0.717, 1.165) is 58.1 Å². The van der Waals surface area contributed by atoms with Gasteiger partial charge in [-0.3, -0.25) is 4.99 Å². The van der Waals surface area contributed by atoms with Gasteiger partial charge < -0.3 is 15.4 Å². The van der Waals surface area contributed by atoms with Crippen molar-refractivity contribution in [2.24, 2.45) is 4.99 Å². The van der Waals surface area contributed by atoms with Crippen LogP contribution in [0.3, 0.4) is 0 Å². The van der Waals surface area contributed by atoms with E-state index in [1.807, 2.05) is 0 Å². The van der Waals surface area contributed by atoms with Crippen molar-refractivity contribution < 1.29 is 4.74 Å². The summed E-state index contributed by atoms with van der Waals surface area (Å²) in [6.45, 7) is 4.56. The fourth-order valence-electron chi connectivity index (χ4n) is 3.03. The van der Waals surface area contributed by atoms with E-state index in [-0.39, 0.29) is 29.4 Å². The number of nitrogens with zero attached hydrogens (tertiary/aromatic N) is 1. The summed E-state index contributed by atoms with van der Waals surface area (Å²) < 4.78 is 5.56. The van der Waals surface area contributed by atoms with Gasteiger partial charge in [0.1, 0.15) is 0 Å². The molecule has 3 rings (SSSR count). The highest BCUT2D eigenvalue weighted by atomic mass is 127. The molecule has 0 aromatic heterocycles. The Morgan fingerprint density at radius 2 is 1.95 bits per heavy atom. The van der Waals surface area contributed by atoms with Gasteiger partial charge in [0.15, 0.2) is 5.96 Å². The Morgan fingerprint density at radius 3 is 2.62 bits per heavy atom. The Hall–Kier alpha value is -0.820. The van der Waals surface area contributed by atoms with Crippen LogP contribution in [0.25, 0.3) is 0 Å². The van der Waals surface area contributed by atoms with Crippen LogP contribution in [0.15, 0.2) is 35.3 Å². The van der Waals surface area contributed by atoms with Crippen LogP contribution in [0.4, 0.5) is 0 Å². The van der Waals surface area contributed by atoms with Crippen molar-refractivity contribution in [1.82, 2.24) is 10.6 Å². The minimum Gasteiger partial charge on any atom is -0.381 e. The number of halogens is 1. The fraction of sp³-hybridized carbons (Fsp3) is 0.562. The minimum atomic E-state index is 0. The smallest absolute Gasteiger partial charge is 0.191 e. The van der Waals surface area contributed by atoms with Crippen LogP contribution < -0.4 is 10.6 Å². The quantitative estimate of drug-likeness (QED) is 0.765. The third kappa shape index (κ3) is 4.10. The molecule has 21 heavy (non-hydrogen) atoms. The average molecular weight is 401 g/mol. The third-order valence-corrected chi connectivity index (χ3v) is 4.33. The fourth-order valence-corrected chi connectivity index (χ4v) is 3.03. The Labute approximate surface area is 143 Å². The number of hydrogen-bond acceptors (Lipinski definition) is 4. The van der Waals surface area contributed by atoms with Gasteiger partial charge in [-0.1, -0.05) is 30.3 Å². The van der Waals surface area contributed by atoms with Crippen LogP contribution in [0.2, 0.25) is 0 Å². The second-order valence-electron chi connectivity index (χ2n) is 5.62. The summed E-state index contributed by atoms with van der Waals surface area (Å²) in [4.78, 5) is 4.50. The van der Waals surface area contributed by atoms with E-state index in [0.29, 0.717) is 0 Å². The molecule has 1 fully saturated rings. The molecule has 0 saturated carbocycles. The zero-order valence-electron chi connectivity index (χ0n) is 12.3. The first-order chi connectivity index (χ1) is 9.89. The van der Waals surface area contributed by atoms with Crippen molar-refractivity contribution >= 4 is 29.9 Å². The van der Waals surface area contributed by atoms with Gasteiger partial charge in [-0.2, -0.15) is 0 Å². The van der Waals surface area contributed by atoms with E-state index in [2.05, 4.69) is 46.0 Å². The van der Waals surface area contributed by atoms with Crippen LogP contribution >= 0.6 is 24.0 Å². The lowest BCUT2D eigenvalue weighted by Gasteiger charge is -2.38. The van der Waals surface area contributed by atoms with E-state index in [4.69, 9.17) is 4.74 Å². The van der Waals surface area contributed by atoms with E-state index in [9.17, 15) is 0 Å². The van der Waals surface area contributed by atoms with Gasteiger partial charge in [0, 0.05) is 38.3 Å². The van der Waals surface area contributed by atoms with Gasteiger partial charge in [-0.15, -0.1) is 24.0 Å². The largest absolute Gasteiger partial charge is 0.381 e. The second kappa shape index (κ2) is 7.98. The lowest BCUT2D eigenvalue weighted by Crippen LogP contribution is -2.49. The molecule has 116 valence electrons. The maximum atomic E-state index is 5.56.